The smallest absolute Gasteiger partial charge is 0.260 e. The van der Waals surface area contributed by atoms with Gasteiger partial charge in [-0.15, -0.1) is 0 Å². The van der Waals surface area contributed by atoms with Gasteiger partial charge in [0.15, 0.2) is 4.67 Å². The second-order valence-electron chi connectivity index (χ2n) is 4.79. The standard InChI is InChI=1S/C15H16BrNO3/c1-10(2)9-20-12-5-3-4-11(8-12)17-15(18)13-6-7-19-14(13)16/h3-8,10H,9H2,1-2H3,(H,17,18). The maximum atomic E-state index is 12.0. The van der Waals surface area contributed by atoms with Gasteiger partial charge in [0.2, 0.25) is 0 Å². The molecule has 0 spiro atoms. The van der Waals surface area contributed by atoms with Crippen molar-refractivity contribution in [2.45, 2.75) is 13.8 Å². The highest BCUT2D eigenvalue weighted by molar-refractivity contribution is 9.10. The van der Waals surface area contributed by atoms with Crippen molar-refractivity contribution >= 4 is 27.5 Å². The Balaban J connectivity index is 2.04. The summed E-state index contributed by atoms with van der Waals surface area (Å²) in [6.07, 6.45) is 1.46. The van der Waals surface area contributed by atoms with Gasteiger partial charge in [0.1, 0.15) is 5.75 Å². The molecule has 106 valence electrons. The van der Waals surface area contributed by atoms with E-state index in [0.29, 0.717) is 28.4 Å². The molecule has 1 aromatic carbocycles. The average molecular weight is 338 g/mol. The summed E-state index contributed by atoms with van der Waals surface area (Å²) in [6, 6.07) is 8.93. The Bertz CT molecular complexity index is 592. The highest BCUT2D eigenvalue weighted by Gasteiger charge is 2.12. The lowest BCUT2D eigenvalue weighted by atomic mass is 10.2. The molecule has 0 aliphatic carbocycles. The van der Waals surface area contributed by atoms with E-state index in [1.165, 1.54) is 6.26 Å². The first kappa shape index (κ1) is 14.7. The van der Waals surface area contributed by atoms with Crippen LogP contribution in [0.15, 0.2) is 45.7 Å². The fourth-order valence-corrected chi connectivity index (χ4v) is 2.00. The van der Waals surface area contributed by atoms with Crippen molar-refractivity contribution in [3.8, 4) is 5.75 Å². The summed E-state index contributed by atoms with van der Waals surface area (Å²) in [5.74, 6) is 0.963. The number of halogens is 1. The normalized spacial score (nSPS) is 10.6. The molecule has 0 aliphatic heterocycles. The Hall–Kier alpha value is -1.75. The maximum Gasteiger partial charge on any atom is 0.260 e. The van der Waals surface area contributed by atoms with Crippen LogP contribution in [-0.4, -0.2) is 12.5 Å². The van der Waals surface area contributed by atoms with E-state index in [1.54, 1.807) is 12.1 Å². The number of ether oxygens (including phenoxy) is 1. The minimum atomic E-state index is -0.230. The van der Waals surface area contributed by atoms with E-state index >= 15 is 0 Å². The number of hydrogen-bond donors (Lipinski definition) is 1. The molecule has 0 fully saturated rings. The van der Waals surface area contributed by atoms with E-state index in [9.17, 15) is 4.79 Å². The summed E-state index contributed by atoms with van der Waals surface area (Å²) in [4.78, 5) is 12.0. The fraction of sp³-hybridized carbons (Fsp3) is 0.267. The molecule has 0 saturated carbocycles. The summed E-state index contributed by atoms with van der Waals surface area (Å²) < 4.78 is 11.1. The molecule has 2 rings (SSSR count). The molecule has 0 atom stereocenters. The quantitative estimate of drug-likeness (QED) is 0.883. The SMILES string of the molecule is CC(C)COc1cccc(NC(=O)c2ccoc2Br)c1. The summed E-state index contributed by atoms with van der Waals surface area (Å²) in [5, 5.41) is 2.80. The largest absolute Gasteiger partial charge is 0.493 e. The van der Waals surface area contributed by atoms with Crippen molar-refractivity contribution in [2.24, 2.45) is 5.92 Å². The van der Waals surface area contributed by atoms with Gasteiger partial charge in [-0.2, -0.15) is 0 Å². The lowest BCUT2D eigenvalue weighted by Crippen LogP contribution is -2.11. The number of furan rings is 1. The van der Waals surface area contributed by atoms with Crippen molar-refractivity contribution < 1.29 is 13.9 Å². The molecule has 1 N–H and O–H groups in total. The number of benzene rings is 1. The third kappa shape index (κ3) is 3.87. The van der Waals surface area contributed by atoms with Gasteiger partial charge in [-0.1, -0.05) is 19.9 Å². The molecule has 4 nitrogen and oxygen atoms in total. The number of anilines is 1. The van der Waals surface area contributed by atoms with Gasteiger partial charge in [-0.25, -0.2) is 0 Å². The molecular formula is C15H16BrNO3. The first-order valence-corrected chi connectivity index (χ1v) is 7.13. The second kappa shape index (κ2) is 6.61. The van der Waals surface area contributed by atoms with Gasteiger partial charge < -0.3 is 14.5 Å². The number of rotatable bonds is 5. The Kier molecular flexibility index (Phi) is 4.84. The second-order valence-corrected chi connectivity index (χ2v) is 5.52. The van der Waals surface area contributed by atoms with Crippen LogP contribution in [0.1, 0.15) is 24.2 Å². The monoisotopic (exact) mass is 337 g/mol. The molecule has 2 aromatic rings. The zero-order valence-corrected chi connectivity index (χ0v) is 12.9. The van der Waals surface area contributed by atoms with Crippen LogP contribution < -0.4 is 10.1 Å². The van der Waals surface area contributed by atoms with Gasteiger partial charge >= 0.3 is 0 Å². The van der Waals surface area contributed by atoms with Crippen LogP contribution in [0.3, 0.4) is 0 Å². The summed E-state index contributed by atoms with van der Waals surface area (Å²) in [7, 11) is 0. The number of carbonyl (C=O) groups is 1. The molecule has 0 saturated heterocycles. The van der Waals surface area contributed by atoms with E-state index in [1.807, 2.05) is 18.2 Å². The minimum absolute atomic E-state index is 0.230. The van der Waals surface area contributed by atoms with Crippen molar-refractivity contribution in [3.05, 3.63) is 46.8 Å². The molecular weight excluding hydrogens is 322 g/mol. The molecule has 0 bridgehead atoms. The Morgan fingerprint density at radius 3 is 2.85 bits per heavy atom. The molecule has 1 amide bonds. The first-order valence-electron chi connectivity index (χ1n) is 6.33. The van der Waals surface area contributed by atoms with Crippen LogP contribution in [0.5, 0.6) is 5.75 Å². The van der Waals surface area contributed by atoms with Crippen LogP contribution in [0.25, 0.3) is 0 Å². The Morgan fingerprint density at radius 1 is 1.40 bits per heavy atom. The number of hydrogen-bond acceptors (Lipinski definition) is 3. The predicted molar refractivity (Wildman–Crippen MR) is 81.1 cm³/mol. The van der Waals surface area contributed by atoms with Crippen LogP contribution in [0, 0.1) is 5.92 Å². The summed E-state index contributed by atoms with van der Waals surface area (Å²) in [6.45, 7) is 4.81. The Morgan fingerprint density at radius 2 is 2.20 bits per heavy atom. The molecule has 0 unspecified atom stereocenters. The van der Waals surface area contributed by atoms with Crippen LogP contribution in [-0.2, 0) is 0 Å². The maximum absolute atomic E-state index is 12.0. The lowest BCUT2D eigenvalue weighted by Gasteiger charge is -2.10. The van der Waals surface area contributed by atoms with Crippen LogP contribution in [0.2, 0.25) is 0 Å². The zero-order valence-electron chi connectivity index (χ0n) is 11.4. The van der Waals surface area contributed by atoms with E-state index in [0.717, 1.165) is 5.75 Å². The number of amides is 1. The predicted octanol–water partition coefficient (Wildman–Crippen LogP) is 4.33. The highest BCUT2D eigenvalue weighted by Crippen LogP contribution is 2.21. The fourth-order valence-electron chi connectivity index (χ4n) is 1.58. The molecule has 20 heavy (non-hydrogen) atoms. The van der Waals surface area contributed by atoms with E-state index in [4.69, 9.17) is 9.15 Å². The van der Waals surface area contributed by atoms with Crippen LogP contribution in [0.4, 0.5) is 5.69 Å². The molecule has 1 aromatic heterocycles. The molecule has 0 radical (unpaired) electrons. The van der Waals surface area contributed by atoms with Crippen LogP contribution >= 0.6 is 15.9 Å². The highest BCUT2D eigenvalue weighted by atomic mass is 79.9. The van der Waals surface area contributed by atoms with Gasteiger partial charge in [0.05, 0.1) is 18.4 Å². The van der Waals surface area contributed by atoms with Gasteiger partial charge in [-0.3, -0.25) is 4.79 Å². The minimum Gasteiger partial charge on any atom is -0.493 e. The lowest BCUT2D eigenvalue weighted by molar-refractivity contribution is 0.102. The third-order valence-electron chi connectivity index (χ3n) is 2.54. The molecule has 0 aliphatic rings. The Labute approximate surface area is 126 Å². The van der Waals surface area contributed by atoms with Crippen molar-refractivity contribution in [3.63, 3.8) is 0 Å². The van der Waals surface area contributed by atoms with Crippen molar-refractivity contribution in [2.75, 3.05) is 11.9 Å². The van der Waals surface area contributed by atoms with Gasteiger partial charge in [-0.05, 0) is 40.0 Å². The van der Waals surface area contributed by atoms with Crippen molar-refractivity contribution in [1.29, 1.82) is 0 Å². The van der Waals surface area contributed by atoms with Crippen molar-refractivity contribution in [1.82, 2.24) is 0 Å². The van der Waals surface area contributed by atoms with Gasteiger partial charge in [0.25, 0.3) is 5.91 Å². The third-order valence-corrected chi connectivity index (χ3v) is 3.15. The van der Waals surface area contributed by atoms with E-state index < -0.39 is 0 Å². The zero-order chi connectivity index (χ0) is 14.5. The summed E-state index contributed by atoms with van der Waals surface area (Å²) >= 11 is 3.18. The topological polar surface area (TPSA) is 51.5 Å². The van der Waals surface area contributed by atoms with E-state index in [2.05, 4.69) is 35.1 Å². The number of nitrogens with one attached hydrogen (secondary N) is 1. The molecule has 1 heterocycles. The van der Waals surface area contributed by atoms with Gasteiger partial charge in [0, 0.05) is 11.8 Å². The summed E-state index contributed by atoms with van der Waals surface area (Å²) in [5.41, 5.74) is 1.14. The number of carbonyl (C=O) groups excluding carboxylic acids is 1. The first-order chi connectivity index (χ1) is 9.56. The van der Waals surface area contributed by atoms with E-state index in [-0.39, 0.29) is 5.91 Å². The average Bonchev–Trinajstić information content (AvgIpc) is 2.83. The molecule has 5 heteroatoms.